The first-order chi connectivity index (χ1) is 16.3. The van der Waals surface area contributed by atoms with Crippen molar-refractivity contribution < 1.29 is 14.3 Å². The van der Waals surface area contributed by atoms with E-state index in [4.69, 9.17) is 9.47 Å². The molecule has 0 saturated carbocycles. The Labute approximate surface area is 192 Å². The van der Waals surface area contributed by atoms with Crippen molar-refractivity contribution in [3.8, 4) is 11.5 Å². The van der Waals surface area contributed by atoms with Gasteiger partial charge in [-0.05, 0) is 71.7 Å². The third kappa shape index (κ3) is 6.64. The van der Waals surface area contributed by atoms with Gasteiger partial charge < -0.3 is 14.8 Å². The number of nitrogens with one attached hydrogen (secondary N) is 2. The Hall–Kier alpha value is -4.20. The van der Waals surface area contributed by atoms with Crippen LogP contribution in [-0.4, -0.2) is 33.1 Å². The number of benzene rings is 3. The van der Waals surface area contributed by atoms with Gasteiger partial charge in [-0.3, -0.25) is 4.79 Å². The lowest BCUT2D eigenvalue weighted by molar-refractivity contribution is 0.102. The molecular formula is C25H25N5O3. The Morgan fingerprint density at radius 2 is 1.67 bits per heavy atom. The van der Waals surface area contributed by atoms with E-state index < -0.39 is 0 Å². The van der Waals surface area contributed by atoms with Gasteiger partial charge in [-0.2, -0.15) is 0 Å². The van der Waals surface area contributed by atoms with Crippen LogP contribution in [0.4, 0.5) is 5.69 Å². The average molecular weight is 444 g/mol. The highest BCUT2D eigenvalue weighted by Crippen LogP contribution is 2.25. The molecule has 0 saturated heterocycles. The van der Waals surface area contributed by atoms with E-state index in [-0.39, 0.29) is 12.5 Å². The molecule has 4 aromatic rings. The molecule has 1 amide bonds. The Morgan fingerprint density at radius 1 is 0.879 bits per heavy atom. The molecule has 0 aliphatic heterocycles. The number of hydrogen-bond donors (Lipinski definition) is 2. The highest BCUT2D eigenvalue weighted by molar-refractivity contribution is 6.05. The number of aromatic amines is 1. The van der Waals surface area contributed by atoms with E-state index in [1.165, 1.54) is 5.56 Å². The predicted octanol–water partition coefficient (Wildman–Crippen LogP) is 4.43. The van der Waals surface area contributed by atoms with Gasteiger partial charge in [0.05, 0.1) is 12.3 Å². The van der Waals surface area contributed by atoms with Crippen molar-refractivity contribution in [2.24, 2.45) is 0 Å². The van der Waals surface area contributed by atoms with Crippen molar-refractivity contribution in [1.82, 2.24) is 20.6 Å². The average Bonchev–Trinajstić information content (AvgIpc) is 3.38. The zero-order valence-electron chi connectivity index (χ0n) is 18.1. The molecule has 1 heterocycles. The van der Waals surface area contributed by atoms with Crippen LogP contribution < -0.4 is 14.8 Å². The minimum absolute atomic E-state index is 0.164. The molecule has 1 aromatic heterocycles. The van der Waals surface area contributed by atoms with Crippen molar-refractivity contribution >= 4 is 11.6 Å². The molecule has 8 heteroatoms. The minimum atomic E-state index is -0.234. The highest BCUT2D eigenvalue weighted by Gasteiger charge is 2.11. The van der Waals surface area contributed by atoms with Crippen LogP contribution in [0, 0.1) is 0 Å². The van der Waals surface area contributed by atoms with E-state index in [9.17, 15) is 4.79 Å². The van der Waals surface area contributed by atoms with Crippen LogP contribution >= 0.6 is 0 Å². The van der Waals surface area contributed by atoms with E-state index >= 15 is 0 Å². The number of ether oxygens (including phenoxy) is 2. The fourth-order valence-corrected chi connectivity index (χ4v) is 3.24. The first-order valence-corrected chi connectivity index (χ1v) is 10.8. The number of aromatic nitrogens is 4. The second-order valence-corrected chi connectivity index (χ2v) is 7.40. The Morgan fingerprint density at radius 3 is 2.45 bits per heavy atom. The lowest BCUT2D eigenvalue weighted by Gasteiger charge is -2.12. The zero-order valence-corrected chi connectivity index (χ0v) is 18.1. The van der Waals surface area contributed by atoms with Gasteiger partial charge in [0.15, 0.2) is 5.82 Å². The molecule has 0 aliphatic rings. The van der Waals surface area contributed by atoms with Crippen LogP contribution in [0.25, 0.3) is 0 Å². The first-order valence-electron chi connectivity index (χ1n) is 10.8. The zero-order chi connectivity index (χ0) is 22.7. The number of amides is 1. The van der Waals surface area contributed by atoms with E-state index in [1.54, 1.807) is 24.3 Å². The van der Waals surface area contributed by atoms with Gasteiger partial charge in [-0.1, -0.05) is 42.5 Å². The SMILES string of the molecule is O=C(Nc1ccccc1OCc1nnn[nH]1)c1ccc(OCCCCc2ccccc2)cc1. The molecule has 0 unspecified atom stereocenters. The lowest BCUT2D eigenvalue weighted by Crippen LogP contribution is -2.13. The van der Waals surface area contributed by atoms with E-state index in [2.05, 4.69) is 50.2 Å². The molecule has 0 radical (unpaired) electrons. The summed E-state index contributed by atoms with van der Waals surface area (Å²) in [6, 6.07) is 24.8. The van der Waals surface area contributed by atoms with Gasteiger partial charge in [0, 0.05) is 5.56 Å². The van der Waals surface area contributed by atoms with Gasteiger partial charge >= 0.3 is 0 Å². The fraction of sp³-hybridized carbons (Fsp3) is 0.200. The second-order valence-electron chi connectivity index (χ2n) is 7.40. The minimum Gasteiger partial charge on any atom is -0.494 e. The van der Waals surface area contributed by atoms with Gasteiger partial charge in [0.25, 0.3) is 5.91 Å². The normalized spacial score (nSPS) is 10.5. The summed E-state index contributed by atoms with van der Waals surface area (Å²) in [7, 11) is 0. The molecule has 0 fully saturated rings. The molecule has 168 valence electrons. The van der Waals surface area contributed by atoms with Crippen LogP contribution in [0.15, 0.2) is 78.9 Å². The van der Waals surface area contributed by atoms with Gasteiger partial charge in [0.1, 0.15) is 18.1 Å². The van der Waals surface area contributed by atoms with Crippen LogP contribution in [0.1, 0.15) is 34.6 Å². The van der Waals surface area contributed by atoms with Crippen LogP contribution in [0.2, 0.25) is 0 Å². The number of para-hydroxylation sites is 2. The number of nitrogens with zero attached hydrogens (tertiary/aromatic N) is 3. The molecule has 4 rings (SSSR count). The number of carbonyl (C=O) groups excluding carboxylic acids is 1. The maximum atomic E-state index is 12.7. The number of anilines is 1. The van der Waals surface area contributed by atoms with E-state index in [1.807, 2.05) is 30.3 Å². The topological polar surface area (TPSA) is 102 Å². The summed E-state index contributed by atoms with van der Waals surface area (Å²) in [5, 5.41) is 16.3. The molecule has 0 bridgehead atoms. The first kappa shape index (κ1) is 22.0. The van der Waals surface area contributed by atoms with Crippen LogP contribution in [-0.2, 0) is 13.0 Å². The number of rotatable bonds is 11. The monoisotopic (exact) mass is 443 g/mol. The smallest absolute Gasteiger partial charge is 0.255 e. The number of hydrogen-bond acceptors (Lipinski definition) is 6. The van der Waals surface area contributed by atoms with Gasteiger partial charge in [-0.15, -0.1) is 5.10 Å². The molecule has 8 nitrogen and oxygen atoms in total. The van der Waals surface area contributed by atoms with Crippen molar-refractivity contribution in [2.75, 3.05) is 11.9 Å². The second kappa shape index (κ2) is 11.4. The summed E-state index contributed by atoms with van der Waals surface area (Å²) in [6.45, 7) is 0.807. The maximum absolute atomic E-state index is 12.7. The number of H-pyrrole nitrogens is 1. The molecule has 0 spiro atoms. The summed E-state index contributed by atoms with van der Waals surface area (Å²) < 4.78 is 11.5. The van der Waals surface area contributed by atoms with Crippen molar-refractivity contribution in [1.29, 1.82) is 0 Å². The standard InChI is InChI=1S/C25H25N5O3/c31-25(26-22-11-4-5-12-23(22)33-18-24-27-29-30-28-24)20-13-15-21(16-14-20)32-17-7-6-10-19-8-2-1-3-9-19/h1-5,8-9,11-16H,6-7,10,17-18H2,(H,26,31)(H,27,28,29,30). The third-order valence-electron chi connectivity index (χ3n) is 4.98. The summed E-state index contributed by atoms with van der Waals surface area (Å²) in [6.07, 6.45) is 3.08. The molecule has 0 atom stereocenters. The predicted molar refractivity (Wildman–Crippen MR) is 124 cm³/mol. The Kier molecular flexibility index (Phi) is 7.62. The summed E-state index contributed by atoms with van der Waals surface area (Å²) in [5.74, 6) is 1.53. The lowest BCUT2D eigenvalue weighted by atomic mass is 10.1. The van der Waals surface area contributed by atoms with Gasteiger partial charge in [-0.25, -0.2) is 5.10 Å². The maximum Gasteiger partial charge on any atom is 0.255 e. The Balaban J connectivity index is 1.24. The van der Waals surface area contributed by atoms with Crippen molar-refractivity contribution in [3.63, 3.8) is 0 Å². The largest absolute Gasteiger partial charge is 0.494 e. The van der Waals surface area contributed by atoms with Crippen molar-refractivity contribution in [2.45, 2.75) is 25.9 Å². The fourth-order valence-electron chi connectivity index (χ4n) is 3.24. The quantitative estimate of drug-likeness (QED) is 0.333. The molecule has 3 aromatic carbocycles. The molecule has 0 aliphatic carbocycles. The number of aryl methyl sites for hydroxylation is 1. The van der Waals surface area contributed by atoms with Crippen LogP contribution in [0.5, 0.6) is 11.5 Å². The molecule has 33 heavy (non-hydrogen) atoms. The molecular weight excluding hydrogens is 418 g/mol. The van der Waals surface area contributed by atoms with Crippen LogP contribution in [0.3, 0.4) is 0 Å². The number of tetrazole rings is 1. The highest BCUT2D eigenvalue weighted by atomic mass is 16.5. The number of unbranched alkanes of at least 4 members (excludes halogenated alkanes) is 1. The molecule has 2 N–H and O–H groups in total. The summed E-state index contributed by atoms with van der Waals surface area (Å²) >= 11 is 0. The Bertz CT molecular complexity index is 1130. The summed E-state index contributed by atoms with van der Waals surface area (Å²) in [4.78, 5) is 12.7. The van der Waals surface area contributed by atoms with E-state index in [0.717, 1.165) is 25.0 Å². The van der Waals surface area contributed by atoms with Gasteiger partial charge in [0.2, 0.25) is 0 Å². The third-order valence-corrected chi connectivity index (χ3v) is 4.98. The number of carbonyl (C=O) groups is 1. The van der Waals surface area contributed by atoms with Crippen molar-refractivity contribution in [3.05, 3.63) is 95.8 Å². The summed E-state index contributed by atoms with van der Waals surface area (Å²) in [5.41, 5.74) is 2.43. The van der Waals surface area contributed by atoms with E-state index in [0.29, 0.717) is 29.4 Å².